The van der Waals surface area contributed by atoms with Crippen molar-refractivity contribution in [2.24, 2.45) is 16.0 Å². The molecule has 0 aliphatic heterocycles. The molecule has 0 saturated heterocycles. The molecular formula is C17H28N4O2S. The van der Waals surface area contributed by atoms with Crippen LogP contribution in [0.1, 0.15) is 38.2 Å². The number of nitrogens with two attached hydrogens (primary N) is 1. The molecule has 1 aromatic carbocycles. The van der Waals surface area contributed by atoms with Crippen molar-refractivity contribution < 1.29 is 8.42 Å². The molecule has 0 unspecified atom stereocenters. The van der Waals surface area contributed by atoms with Gasteiger partial charge in [-0.05, 0) is 55.7 Å². The number of sulfonamides is 1. The molecule has 134 valence electrons. The van der Waals surface area contributed by atoms with Gasteiger partial charge in [0.1, 0.15) is 0 Å². The van der Waals surface area contributed by atoms with Gasteiger partial charge in [-0.2, -0.15) is 0 Å². The van der Waals surface area contributed by atoms with E-state index in [1.807, 2.05) is 0 Å². The van der Waals surface area contributed by atoms with Crippen LogP contribution in [0.5, 0.6) is 0 Å². The van der Waals surface area contributed by atoms with Crippen molar-refractivity contribution in [1.82, 2.24) is 10.6 Å². The van der Waals surface area contributed by atoms with Crippen LogP contribution < -0.4 is 15.8 Å². The summed E-state index contributed by atoms with van der Waals surface area (Å²) >= 11 is 0. The highest BCUT2D eigenvalue weighted by Gasteiger charge is 2.18. The lowest BCUT2D eigenvalue weighted by Gasteiger charge is -2.28. The predicted molar refractivity (Wildman–Crippen MR) is 97.4 cm³/mol. The number of nitrogens with one attached hydrogen (secondary N) is 2. The summed E-state index contributed by atoms with van der Waals surface area (Å²) in [6, 6.07) is 7.17. The molecule has 1 saturated carbocycles. The lowest BCUT2D eigenvalue weighted by molar-refractivity contribution is 0.329. The molecule has 0 heterocycles. The molecule has 24 heavy (non-hydrogen) atoms. The second kappa shape index (κ2) is 8.48. The average Bonchev–Trinajstić information content (AvgIpc) is 2.55. The van der Waals surface area contributed by atoms with Crippen molar-refractivity contribution in [1.29, 1.82) is 0 Å². The SMILES string of the molecule is CN=C(NCCc1ccc(S(N)(=O)=O)cc1)NC1CCC(C)CC1. The van der Waals surface area contributed by atoms with E-state index in [1.165, 1.54) is 25.7 Å². The number of guanidine groups is 1. The molecule has 0 radical (unpaired) electrons. The van der Waals surface area contributed by atoms with Crippen LogP contribution in [0, 0.1) is 5.92 Å². The third kappa shape index (κ3) is 5.79. The van der Waals surface area contributed by atoms with Gasteiger partial charge in [-0.3, -0.25) is 4.99 Å². The first-order chi connectivity index (χ1) is 11.4. The highest BCUT2D eigenvalue weighted by molar-refractivity contribution is 7.89. The van der Waals surface area contributed by atoms with Crippen LogP contribution in [0.15, 0.2) is 34.2 Å². The average molecular weight is 353 g/mol. The van der Waals surface area contributed by atoms with Gasteiger partial charge >= 0.3 is 0 Å². The molecule has 1 aliphatic rings. The Balaban J connectivity index is 1.77. The van der Waals surface area contributed by atoms with E-state index in [2.05, 4.69) is 22.5 Å². The zero-order valence-corrected chi connectivity index (χ0v) is 15.3. The molecule has 1 aliphatic carbocycles. The molecule has 1 aromatic rings. The zero-order valence-electron chi connectivity index (χ0n) is 14.5. The predicted octanol–water partition coefficient (Wildman–Crippen LogP) is 1.62. The van der Waals surface area contributed by atoms with E-state index in [4.69, 9.17) is 5.14 Å². The van der Waals surface area contributed by atoms with E-state index >= 15 is 0 Å². The fourth-order valence-electron chi connectivity index (χ4n) is 2.96. The van der Waals surface area contributed by atoms with Crippen molar-refractivity contribution in [2.75, 3.05) is 13.6 Å². The maximum atomic E-state index is 11.2. The van der Waals surface area contributed by atoms with Crippen LogP contribution in [-0.4, -0.2) is 34.0 Å². The minimum absolute atomic E-state index is 0.142. The minimum atomic E-state index is -3.62. The lowest BCUT2D eigenvalue weighted by Crippen LogP contribution is -2.45. The smallest absolute Gasteiger partial charge is 0.238 e. The molecule has 1 fully saturated rings. The van der Waals surface area contributed by atoms with Crippen molar-refractivity contribution in [3.63, 3.8) is 0 Å². The van der Waals surface area contributed by atoms with Gasteiger partial charge in [0.2, 0.25) is 10.0 Å². The van der Waals surface area contributed by atoms with Gasteiger partial charge in [0.15, 0.2) is 5.96 Å². The first-order valence-corrected chi connectivity index (χ1v) is 10.0. The standard InChI is InChI=1S/C17H28N4O2S/c1-13-3-7-15(8-4-13)21-17(19-2)20-12-11-14-5-9-16(10-6-14)24(18,22)23/h5-6,9-10,13,15H,3-4,7-8,11-12H2,1-2H3,(H2,18,22,23)(H2,19,20,21). The second-order valence-corrected chi connectivity index (χ2v) is 8.10. The Morgan fingerprint density at radius 1 is 1.21 bits per heavy atom. The monoisotopic (exact) mass is 352 g/mol. The largest absolute Gasteiger partial charge is 0.356 e. The van der Waals surface area contributed by atoms with E-state index in [9.17, 15) is 8.42 Å². The van der Waals surface area contributed by atoms with Crippen molar-refractivity contribution in [3.05, 3.63) is 29.8 Å². The van der Waals surface area contributed by atoms with Gasteiger partial charge in [0.25, 0.3) is 0 Å². The molecule has 0 aromatic heterocycles. The van der Waals surface area contributed by atoms with Crippen molar-refractivity contribution in [2.45, 2.75) is 50.0 Å². The number of aliphatic imine (C=N–C) groups is 1. The molecule has 7 heteroatoms. The normalized spacial score (nSPS) is 22.2. The quantitative estimate of drug-likeness (QED) is 0.554. The first kappa shape index (κ1) is 18.7. The summed E-state index contributed by atoms with van der Waals surface area (Å²) in [5, 5.41) is 11.9. The number of hydrogen-bond acceptors (Lipinski definition) is 3. The number of rotatable bonds is 5. The summed E-state index contributed by atoms with van der Waals surface area (Å²) in [5.74, 6) is 1.66. The van der Waals surface area contributed by atoms with E-state index in [0.29, 0.717) is 6.04 Å². The Labute approximate surface area is 145 Å². The van der Waals surface area contributed by atoms with E-state index in [0.717, 1.165) is 30.4 Å². The Morgan fingerprint density at radius 3 is 2.38 bits per heavy atom. The van der Waals surface area contributed by atoms with E-state index < -0.39 is 10.0 Å². The topological polar surface area (TPSA) is 96.6 Å². The molecule has 6 nitrogen and oxygen atoms in total. The highest BCUT2D eigenvalue weighted by atomic mass is 32.2. The summed E-state index contributed by atoms with van der Waals surface area (Å²) in [5.41, 5.74) is 1.05. The molecule has 0 bridgehead atoms. The molecule has 0 spiro atoms. The van der Waals surface area contributed by atoms with Crippen molar-refractivity contribution >= 4 is 16.0 Å². The van der Waals surface area contributed by atoms with Crippen molar-refractivity contribution in [3.8, 4) is 0 Å². The molecule has 4 N–H and O–H groups in total. The molecule has 0 atom stereocenters. The fraction of sp³-hybridized carbons (Fsp3) is 0.588. The van der Waals surface area contributed by atoms with Crippen LogP contribution in [0.25, 0.3) is 0 Å². The van der Waals surface area contributed by atoms with E-state index in [-0.39, 0.29) is 4.90 Å². The lowest BCUT2D eigenvalue weighted by atomic mass is 9.87. The Hall–Kier alpha value is -1.60. The number of hydrogen-bond donors (Lipinski definition) is 3. The molecule has 2 rings (SSSR count). The van der Waals surface area contributed by atoms with Gasteiger partial charge in [-0.1, -0.05) is 19.1 Å². The Morgan fingerprint density at radius 2 is 1.83 bits per heavy atom. The molecule has 0 amide bonds. The summed E-state index contributed by atoms with van der Waals surface area (Å²) < 4.78 is 22.5. The number of benzene rings is 1. The second-order valence-electron chi connectivity index (χ2n) is 6.54. The van der Waals surface area contributed by atoms with Gasteiger partial charge in [0.05, 0.1) is 4.90 Å². The van der Waals surface area contributed by atoms with Gasteiger partial charge in [0, 0.05) is 19.6 Å². The summed E-state index contributed by atoms with van der Waals surface area (Å²) in [6.07, 6.45) is 5.71. The summed E-state index contributed by atoms with van der Waals surface area (Å²) in [7, 11) is -1.84. The van der Waals surface area contributed by atoms with Gasteiger partial charge in [-0.15, -0.1) is 0 Å². The third-order valence-electron chi connectivity index (χ3n) is 4.54. The summed E-state index contributed by atoms with van der Waals surface area (Å²) in [6.45, 7) is 3.04. The minimum Gasteiger partial charge on any atom is -0.356 e. The number of primary sulfonamides is 1. The van der Waals surface area contributed by atoms with Gasteiger partial charge in [-0.25, -0.2) is 13.6 Å². The number of nitrogens with zero attached hydrogens (tertiary/aromatic N) is 1. The first-order valence-electron chi connectivity index (χ1n) is 8.47. The van der Waals surface area contributed by atoms with Gasteiger partial charge < -0.3 is 10.6 Å². The Kier molecular flexibility index (Phi) is 6.62. The van der Waals surface area contributed by atoms with E-state index in [1.54, 1.807) is 31.3 Å². The van der Waals surface area contributed by atoms with Crippen LogP contribution >= 0.6 is 0 Å². The zero-order chi connectivity index (χ0) is 17.6. The maximum absolute atomic E-state index is 11.2. The van der Waals surface area contributed by atoms with Crippen LogP contribution in [0.3, 0.4) is 0 Å². The third-order valence-corrected chi connectivity index (χ3v) is 5.47. The van der Waals surface area contributed by atoms with Crippen LogP contribution in [0.4, 0.5) is 0 Å². The molecular weight excluding hydrogens is 324 g/mol. The van der Waals surface area contributed by atoms with Crippen LogP contribution in [-0.2, 0) is 16.4 Å². The Bertz CT molecular complexity index is 648. The summed E-state index contributed by atoms with van der Waals surface area (Å²) in [4.78, 5) is 4.42. The fourth-order valence-corrected chi connectivity index (χ4v) is 3.48. The maximum Gasteiger partial charge on any atom is 0.238 e. The highest BCUT2D eigenvalue weighted by Crippen LogP contribution is 2.23. The van der Waals surface area contributed by atoms with Crippen LogP contribution in [0.2, 0.25) is 0 Å².